The Morgan fingerprint density at radius 3 is 2.56 bits per heavy atom. The molecule has 0 unspecified atom stereocenters. The number of aromatic nitrogens is 4. The van der Waals surface area contributed by atoms with Gasteiger partial charge in [-0.3, -0.25) is 9.78 Å². The number of pyridine rings is 2. The summed E-state index contributed by atoms with van der Waals surface area (Å²) in [6.45, 7) is 5.93. The topological polar surface area (TPSA) is 108 Å². The molecule has 1 aromatic carbocycles. The standard InChI is InChI=1S/C25H25N5O4/c1-4-33-25(32)21-22(27-13-19-11-8-12-26-16(19)2)20-17(3)28-15-29-23(20)30(24(21)31)34-14-18-9-6-5-7-10-18/h5-12,15,27H,4,13-14H2,1-3H3. The Kier molecular flexibility index (Phi) is 6.82. The predicted molar refractivity (Wildman–Crippen MR) is 128 cm³/mol. The van der Waals surface area contributed by atoms with Gasteiger partial charge in [0.25, 0.3) is 0 Å². The van der Waals surface area contributed by atoms with E-state index in [9.17, 15) is 9.59 Å². The van der Waals surface area contributed by atoms with Crippen LogP contribution in [-0.4, -0.2) is 32.3 Å². The Morgan fingerprint density at radius 2 is 1.82 bits per heavy atom. The summed E-state index contributed by atoms with van der Waals surface area (Å²) in [6.07, 6.45) is 3.07. The fourth-order valence-corrected chi connectivity index (χ4v) is 3.63. The van der Waals surface area contributed by atoms with Gasteiger partial charge in [-0.2, -0.15) is 0 Å². The monoisotopic (exact) mass is 459 g/mol. The zero-order chi connectivity index (χ0) is 24.1. The summed E-state index contributed by atoms with van der Waals surface area (Å²) in [5.74, 6) is -0.750. The van der Waals surface area contributed by atoms with Crippen molar-refractivity contribution in [1.82, 2.24) is 19.7 Å². The van der Waals surface area contributed by atoms with E-state index >= 15 is 0 Å². The third-order valence-electron chi connectivity index (χ3n) is 5.36. The van der Waals surface area contributed by atoms with Crippen LogP contribution in [0.5, 0.6) is 0 Å². The molecule has 3 aromatic heterocycles. The number of benzene rings is 1. The summed E-state index contributed by atoms with van der Waals surface area (Å²) in [4.78, 5) is 45.3. The lowest BCUT2D eigenvalue weighted by Gasteiger charge is -2.19. The summed E-state index contributed by atoms with van der Waals surface area (Å²) in [6, 6.07) is 13.2. The van der Waals surface area contributed by atoms with E-state index in [2.05, 4.69) is 20.3 Å². The molecule has 0 saturated heterocycles. The molecule has 0 radical (unpaired) electrons. The molecular formula is C25H25N5O4. The molecule has 4 aromatic rings. The molecule has 9 nitrogen and oxygen atoms in total. The second-order valence-electron chi connectivity index (χ2n) is 7.59. The number of anilines is 1. The van der Waals surface area contributed by atoms with E-state index in [0.717, 1.165) is 21.6 Å². The van der Waals surface area contributed by atoms with Crippen LogP contribution in [0.4, 0.5) is 5.69 Å². The molecule has 0 spiro atoms. The van der Waals surface area contributed by atoms with Gasteiger partial charge in [0.05, 0.1) is 23.4 Å². The molecule has 0 bridgehead atoms. The van der Waals surface area contributed by atoms with Gasteiger partial charge >= 0.3 is 11.5 Å². The van der Waals surface area contributed by atoms with Gasteiger partial charge in [0.1, 0.15) is 12.9 Å². The van der Waals surface area contributed by atoms with Crippen LogP contribution in [0.2, 0.25) is 0 Å². The average molecular weight is 460 g/mol. The molecule has 1 N–H and O–H groups in total. The zero-order valence-electron chi connectivity index (χ0n) is 19.2. The summed E-state index contributed by atoms with van der Waals surface area (Å²) in [5.41, 5.74) is 2.94. The zero-order valence-corrected chi connectivity index (χ0v) is 19.2. The first kappa shape index (κ1) is 22.9. The second kappa shape index (κ2) is 10.1. The number of carbonyl (C=O) groups excluding carboxylic acids is 1. The fraction of sp³-hybridized carbons (Fsp3) is 0.240. The van der Waals surface area contributed by atoms with Crippen molar-refractivity contribution in [2.45, 2.75) is 33.9 Å². The molecule has 0 amide bonds. The minimum atomic E-state index is -0.750. The minimum absolute atomic E-state index is 0.114. The number of ether oxygens (including phenoxy) is 1. The van der Waals surface area contributed by atoms with Gasteiger partial charge in [-0.05, 0) is 38.0 Å². The molecule has 0 aliphatic rings. The number of nitrogens with zero attached hydrogens (tertiary/aromatic N) is 4. The molecule has 0 aliphatic heterocycles. The normalized spacial score (nSPS) is 10.8. The van der Waals surface area contributed by atoms with E-state index in [4.69, 9.17) is 9.57 Å². The Labute approximate surface area is 196 Å². The van der Waals surface area contributed by atoms with E-state index in [0.29, 0.717) is 23.3 Å². The third kappa shape index (κ3) is 4.59. The molecular weight excluding hydrogens is 434 g/mol. The second-order valence-corrected chi connectivity index (χ2v) is 7.59. The highest BCUT2D eigenvalue weighted by Gasteiger charge is 2.26. The van der Waals surface area contributed by atoms with Crippen molar-refractivity contribution < 1.29 is 14.4 Å². The summed E-state index contributed by atoms with van der Waals surface area (Å²) < 4.78 is 6.28. The van der Waals surface area contributed by atoms with Crippen molar-refractivity contribution in [2.75, 3.05) is 11.9 Å². The third-order valence-corrected chi connectivity index (χ3v) is 5.36. The molecule has 4 rings (SSSR count). The first-order valence-electron chi connectivity index (χ1n) is 10.9. The van der Waals surface area contributed by atoms with E-state index in [1.807, 2.05) is 49.4 Å². The predicted octanol–water partition coefficient (Wildman–Crippen LogP) is 3.22. The number of esters is 1. The lowest BCUT2D eigenvalue weighted by atomic mass is 10.1. The van der Waals surface area contributed by atoms with Crippen molar-refractivity contribution >= 4 is 22.7 Å². The van der Waals surface area contributed by atoms with Crippen molar-refractivity contribution in [3.05, 3.63) is 93.4 Å². The maximum atomic E-state index is 13.6. The maximum absolute atomic E-state index is 13.6. The van der Waals surface area contributed by atoms with E-state index in [1.165, 1.54) is 6.33 Å². The molecule has 0 aliphatic carbocycles. The maximum Gasteiger partial charge on any atom is 0.346 e. The minimum Gasteiger partial charge on any atom is -0.462 e. The first-order chi connectivity index (χ1) is 16.5. The molecule has 0 saturated carbocycles. The van der Waals surface area contributed by atoms with Crippen LogP contribution < -0.4 is 15.7 Å². The number of nitrogens with one attached hydrogen (secondary N) is 1. The van der Waals surface area contributed by atoms with Crippen LogP contribution in [0.1, 0.15) is 39.8 Å². The highest BCUT2D eigenvalue weighted by molar-refractivity contribution is 6.04. The Bertz CT molecular complexity index is 1390. The highest BCUT2D eigenvalue weighted by atomic mass is 16.7. The quantitative estimate of drug-likeness (QED) is 0.400. The van der Waals surface area contributed by atoms with E-state index in [1.54, 1.807) is 20.0 Å². The number of rotatable bonds is 8. The van der Waals surface area contributed by atoms with Gasteiger partial charge in [-0.1, -0.05) is 36.4 Å². The van der Waals surface area contributed by atoms with Crippen LogP contribution in [-0.2, 0) is 17.9 Å². The number of hydrogen-bond donors (Lipinski definition) is 1. The fourth-order valence-electron chi connectivity index (χ4n) is 3.63. The van der Waals surface area contributed by atoms with Crippen molar-refractivity contribution in [2.24, 2.45) is 0 Å². The number of aryl methyl sites for hydroxylation is 2. The van der Waals surface area contributed by atoms with Crippen LogP contribution >= 0.6 is 0 Å². The molecule has 3 heterocycles. The van der Waals surface area contributed by atoms with Gasteiger partial charge < -0.3 is 14.9 Å². The molecule has 174 valence electrons. The SMILES string of the molecule is CCOC(=O)c1c(NCc2cccnc2C)c2c(C)ncnc2n(OCc2ccccc2)c1=O. The molecule has 0 fully saturated rings. The van der Waals surface area contributed by atoms with E-state index < -0.39 is 11.5 Å². The lowest BCUT2D eigenvalue weighted by molar-refractivity contribution is 0.0513. The van der Waals surface area contributed by atoms with Crippen molar-refractivity contribution in [1.29, 1.82) is 0 Å². The van der Waals surface area contributed by atoms with E-state index in [-0.39, 0.29) is 24.4 Å². The lowest BCUT2D eigenvalue weighted by Crippen LogP contribution is -2.34. The van der Waals surface area contributed by atoms with Crippen molar-refractivity contribution in [3.8, 4) is 0 Å². The molecule has 34 heavy (non-hydrogen) atoms. The van der Waals surface area contributed by atoms with Gasteiger partial charge in [0.15, 0.2) is 11.2 Å². The highest BCUT2D eigenvalue weighted by Crippen LogP contribution is 2.27. The summed E-state index contributed by atoms with van der Waals surface area (Å²) in [5, 5.41) is 3.75. The first-order valence-corrected chi connectivity index (χ1v) is 10.9. The molecule has 9 heteroatoms. The Balaban J connectivity index is 1.87. The summed E-state index contributed by atoms with van der Waals surface area (Å²) in [7, 11) is 0. The number of carbonyl (C=O) groups is 1. The number of hydrogen-bond acceptors (Lipinski definition) is 8. The molecule has 0 atom stereocenters. The van der Waals surface area contributed by atoms with Crippen molar-refractivity contribution in [3.63, 3.8) is 0 Å². The average Bonchev–Trinajstić information content (AvgIpc) is 2.83. The van der Waals surface area contributed by atoms with Crippen LogP contribution in [0.15, 0.2) is 59.8 Å². The van der Waals surface area contributed by atoms with Gasteiger partial charge in [0.2, 0.25) is 0 Å². The summed E-state index contributed by atoms with van der Waals surface area (Å²) >= 11 is 0. The van der Waals surface area contributed by atoms with Crippen LogP contribution in [0.3, 0.4) is 0 Å². The van der Waals surface area contributed by atoms with Gasteiger partial charge in [-0.15, -0.1) is 4.73 Å². The van der Waals surface area contributed by atoms with Crippen LogP contribution in [0, 0.1) is 13.8 Å². The van der Waals surface area contributed by atoms with Gasteiger partial charge in [-0.25, -0.2) is 14.8 Å². The number of fused-ring (bicyclic) bond motifs is 1. The Morgan fingerprint density at radius 1 is 1.03 bits per heavy atom. The Hall–Kier alpha value is -4.27. The van der Waals surface area contributed by atoms with Gasteiger partial charge in [0, 0.05) is 18.4 Å². The smallest absolute Gasteiger partial charge is 0.346 e. The largest absolute Gasteiger partial charge is 0.462 e. The van der Waals surface area contributed by atoms with Crippen LogP contribution in [0.25, 0.3) is 11.0 Å².